The molecule has 0 radical (unpaired) electrons. The van der Waals surface area contributed by atoms with E-state index < -0.39 is 0 Å². The van der Waals surface area contributed by atoms with Crippen LogP contribution >= 0.6 is 35.3 Å². The van der Waals surface area contributed by atoms with E-state index in [1.165, 1.54) is 0 Å². The van der Waals surface area contributed by atoms with Crippen LogP contribution in [0.5, 0.6) is 0 Å². The molecule has 0 saturated heterocycles. The van der Waals surface area contributed by atoms with E-state index in [1.807, 2.05) is 35.8 Å². The molecule has 3 aromatic rings. The van der Waals surface area contributed by atoms with Gasteiger partial charge in [-0.1, -0.05) is 12.1 Å². The molecule has 1 saturated carbocycles. The van der Waals surface area contributed by atoms with Crippen molar-refractivity contribution in [3.05, 3.63) is 56.5 Å². The lowest BCUT2D eigenvalue weighted by molar-refractivity contribution is 0.0946. The minimum absolute atomic E-state index is 0.108. The molecule has 2 aromatic heterocycles. The molecule has 9 heteroatoms. The minimum Gasteiger partial charge on any atom is -0.345 e. The van der Waals surface area contributed by atoms with Crippen LogP contribution in [-0.2, 0) is 12.3 Å². The van der Waals surface area contributed by atoms with Crippen molar-refractivity contribution in [3.8, 4) is 0 Å². The number of thiazole rings is 1. The van der Waals surface area contributed by atoms with Gasteiger partial charge in [0.15, 0.2) is 10.6 Å². The summed E-state index contributed by atoms with van der Waals surface area (Å²) in [6.07, 6.45) is 2.23. The zero-order chi connectivity index (χ0) is 18.8. The van der Waals surface area contributed by atoms with Crippen molar-refractivity contribution in [3.63, 3.8) is 0 Å². The standard InChI is InChI=1S/C18H19N5OS3/c1-11-20-12(9-26-11)10-27-15-5-3-2-4-14(15)17(24)19-8-16-21-22-18(25)23(16)13-6-7-13/h2-5,9,13H,6-8,10H2,1H3,(H,19,24)(H,22,25). The molecule has 1 fully saturated rings. The van der Waals surface area contributed by atoms with Gasteiger partial charge in [-0.3, -0.25) is 14.5 Å². The molecule has 2 heterocycles. The lowest BCUT2D eigenvalue weighted by atomic mass is 10.2. The second-order valence-electron chi connectivity index (χ2n) is 6.37. The number of H-pyrrole nitrogens is 1. The summed E-state index contributed by atoms with van der Waals surface area (Å²) in [4.78, 5) is 18.2. The normalized spacial score (nSPS) is 13.7. The van der Waals surface area contributed by atoms with Crippen LogP contribution in [0.15, 0.2) is 34.5 Å². The molecule has 6 nitrogen and oxygen atoms in total. The maximum Gasteiger partial charge on any atom is 0.252 e. The Balaban J connectivity index is 1.43. The molecule has 2 N–H and O–H groups in total. The van der Waals surface area contributed by atoms with Gasteiger partial charge in [-0.2, -0.15) is 5.10 Å². The van der Waals surface area contributed by atoms with E-state index in [4.69, 9.17) is 12.2 Å². The van der Waals surface area contributed by atoms with Crippen LogP contribution in [0.1, 0.15) is 45.8 Å². The maximum atomic E-state index is 12.7. The molecule has 0 spiro atoms. The van der Waals surface area contributed by atoms with Gasteiger partial charge < -0.3 is 5.32 Å². The summed E-state index contributed by atoms with van der Waals surface area (Å²) in [6.45, 7) is 2.35. The number of carbonyl (C=O) groups is 1. The van der Waals surface area contributed by atoms with E-state index in [9.17, 15) is 4.79 Å². The van der Waals surface area contributed by atoms with Crippen LogP contribution in [0, 0.1) is 11.7 Å². The monoisotopic (exact) mass is 417 g/mol. The Morgan fingerprint density at radius 1 is 1.44 bits per heavy atom. The summed E-state index contributed by atoms with van der Waals surface area (Å²) in [6, 6.07) is 8.07. The van der Waals surface area contributed by atoms with E-state index in [1.54, 1.807) is 23.1 Å². The molecule has 0 unspecified atom stereocenters. The van der Waals surface area contributed by atoms with Crippen molar-refractivity contribution in [2.45, 2.75) is 43.0 Å². The fourth-order valence-corrected chi connectivity index (χ4v) is 4.79. The van der Waals surface area contributed by atoms with Crippen LogP contribution in [0.2, 0.25) is 0 Å². The SMILES string of the molecule is Cc1nc(CSc2ccccc2C(=O)NCc2n[nH]c(=S)n2C2CC2)cs1. The molecule has 1 aliphatic carbocycles. The number of amides is 1. The number of aromatic nitrogens is 4. The van der Waals surface area contributed by atoms with Crippen molar-refractivity contribution in [1.82, 2.24) is 25.1 Å². The Morgan fingerprint density at radius 3 is 3.00 bits per heavy atom. The van der Waals surface area contributed by atoms with Gasteiger partial charge in [-0.15, -0.1) is 23.1 Å². The van der Waals surface area contributed by atoms with Gasteiger partial charge in [0, 0.05) is 22.1 Å². The second-order valence-corrected chi connectivity index (χ2v) is 8.84. The molecule has 1 aliphatic rings. The number of hydrogen-bond acceptors (Lipinski definition) is 6. The third kappa shape index (κ3) is 4.31. The summed E-state index contributed by atoms with van der Waals surface area (Å²) >= 11 is 8.56. The third-order valence-electron chi connectivity index (χ3n) is 4.27. The molecular formula is C18H19N5OS3. The van der Waals surface area contributed by atoms with E-state index in [-0.39, 0.29) is 5.91 Å². The van der Waals surface area contributed by atoms with Crippen LogP contribution < -0.4 is 5.32 Å². The number of thioether (sulfide) groups is 1. The first-order valence-electron chi connectivity index (χ1n) is 8.68. The molecule has 4 rings (SSSR count). The number of carbonyl (C=O) groups excluding carboxylic acids is 1. The Labute approximate surface area is 170 Å². The molecule has 0 bridgehead atoms. The molecule has 0 aliphatic heterocycles. The van der Waals surface area contributed by atoms with E-state index in [2.05, 4.69) is 25.9 Å². The fraction of sp³-hybridized carbons (Fsp3) is 0.333. The van der Waals surface area contributed by atoms with E-state index in [0.29, 0.717) is 22.9 Å². The average Bonchev–Trinajstić information content (AvgIpc) is 3.31. The number of hydrogen-bond donors (Lipinski definition) is 2. The summed E-state index contributed by atoms with van der Waals surface area (Å²) in [5, 5.41) is 13.2. The highest BCUT2D eigenvalue weighted by Gasteiger charge is 2.27. The van der Waals surface area contributed by atoms with Crippen molar-refractivity contribution < 1.29 is 4.79 Å². The highest BCUT2D eigenvalue weighted by molar-refractivity contribution is 7.98. The number of nitrogens with one attached hydrogen (secondary N) is 2. The Bertz CT molecular complexity index is 1020. The number of benzene rings is 1. The summed E-state index contributed by atoms with van der Waals surface area (Å²) in [5.41, 5.74) is 1.71. The van der Waals surface area contributed by atoms with Crippen LogP contribution in [0.3, 0.4) is 0 Å². The Morgan fingerprint density at radius 2 is 2.26 bits per heavy atom. The van der Waals surface area contributed by atoms with Crippen LogP contribution in [0.25, 0.3) is 0 Å². The van der Waals surface area contributed by atoms with Gasteiger partial charge in [0.2, 0.25) is 0 Å². The third-order valence-corrected chi connectivity index (χ3v) is 6.49. The Kier molecular flexibility index (Phi) is 5.42. The molecule has 1 amide bonds. The largest absolute Gasteiger partial charge is 0.345 e. The smallest absolute Gasteiger partial charge is 0.252 e. The van der Waals surface area contributed by atoms with E-state index >= 15 is 0 Å². The first kappa shape index (κ1) is 18.4. The second kappa shape index (κ2) is 7.95. The summed E-state index contributed by atoms with van der Waals surface area (Å²) in [7, 11) is 0. The number of aryl methyl sites for hydroxylation is 1. The Hall–Kier alpha value is -1.97. The number of rotatable bonds is 7. The van der Waals surface area contributed by atoms with Gasteiger partial charge in [0.05, 0.1) is 22.8 Å². The lowest BCUT2D eigenvalue weighted by Crippen LogP contribution is -2.25. The molecule has 0 atom stereocenters. The van der Waals surface area contributed by atoms with Gasteiger partial charge in [0.1, 0.15) is 0 Å². The van der Waals surface area contributed by atoms with Crippen molar-refractivity contribution >= 4 is 41.2 Å². The van der Waals surface area contributed by atoms with Crippen LogP contribution in [0.4, 0.5) is 0 Å². The average molecular weight is 418 g/mol. The quantitative estimate of drug-likeness (QED) is 0.444. The molecule has 1 aromatic carbocycles. The molecule has 27 heavy (non-hydrogen) atoms. The predicted molar refractivity (Wildman–Crippen MR) is 110 cm³/mol. The maximum absolute atomic E-state index is 12.7. The van der Waals surface area contributed by atoms with Gasteiger partial charge in [-0.05, 0) is 44.1 Å². The summed E-state index contributed by atoms with van der Waals surface area (Å²) < 4.78 is 2.64. The van der Waals surface area contributed by atoms with Gasteiger partial charge >= 0.3 is 0 Å². The van der Waals surface area contributed by atoms with Gasteiger partial charge in [0.25, 0.3) is 5.91 Å². The first-order valence-corrected chi connectivity index (χ1v) is 11.0. The number of nitrogens with zero attached hydrogens (tertiary/aromatic N) is 3. The zero-order valence-corrected chi connectivity index (χ0v) is 17.2. The first-order chi connectivity index (χ1) is 13.1. The fourth-order valence-electron chi connectivity index (χ4n) is 2.83. The number of aromatic amines is 1. The molecule has 140 valence electrons. The van der Waals surface area contributed by atoms with Crippen molar-refractivity contribution in [2.24, 2.45) is 0 Å². The zero-order valence-electron chi connectivity index (χ0n) is 14.8. The van der Waals surface area contributed by atoms with E-state index in [0.717, 1.165) is 40.0 Å². The highest BCUT2D eigenvalue weighted by Crippen LogP contribution is 2.35. The van der Waals surface area contributed by atoms with Gasteiger partial charge in [-0.25, -0.2) is 4.98 Å². The van der Waals surface area contributed by atoms with Crippen molar-refractivity contribution in [1.29, 1.82) is 0 Å². The molecular weight excluding hydrogens is 398 g/mol. The van der Waals surface area contributed by atoms with Crippen molar-refractivity contribution in [2.75, 3.05) is 0 Å². The lowest BCUT2D eigenvalue weighted by Gasteiger charge is -2.10. The predicted octanol–water partition coefficient (Wildman–Crippen LogP) is 4.26. The van der Waals surface area contributed by atoms with Crippen LogP contribution in [-0.4, -0.2) is 25.7 Å². The topological polar surface area (TPSA) is 75.6 Å². The summed E-state index contributed by atoms with van der Waals surface area (Å²) in [5.74, 6) is 1.41. The minimum atomic E-state index is -0.108. The highest BCUT2D eigenvalue weighted by atomic mass is 32.2.